The quantitative estimate of drug-likeness (QED) is 0.0916. The zero-order valence-corrected chi connectivity index (χ0v) is 31.0. The van der Waals surface area contributed by atoms with Crippen LogP contribution in [0.15, 0.2) is 78.1 Å². The standard InChI is InChI=1S/C41H47N7O6/c1-5-8-28-18-33-34(43-22-32-17-26(2)23-48(32)41(33)53)21-37(28)54-16-6-9-38(50)44-31-20-36(47(4)25-31)40(52)45-30-12-10-27(11-13-30)29-19-35(46(3)24-29)39(51)42-14-7-15-49/h10-13,18-22,24-25,32,49H,2,5-9,14-17,23H2,1,3-4H3,(H,42,51)(H,44,50)(H,45,52). The van der Waals surface area contributed by atoms with Crippen LogP contribution in [0.25, 0.3) is 11.1 Å². The lowest BCUT2D eigenvalue weighted by atomic mass is 10.0. The normalized spacial score (nSPS) is 14.7. The van der Waals surface area contributed by atoms with Crippen molar-refractivity contribution in [2.75, 3.05) is 36.9 Å². The molecule has 2 aromatic heterocycles. The van der Waals surface area contributed by atoms with Crippen LogP contribution in [-0.4, -0.2) is 81.3 Å². The third-order valence-electron chi connectivity index (χ3n) is 9.53. The van der Waals surface area contributed by atoms with Gasteiger partial charge in [0.05, 0.1) is 29.6 Å². The number of aliphatic hydroxyl groups is 1. The fraction of sp³-hybridized carbons (Fsp3) is 0.341. The fourth-order valence-corrected chi connectivity index (χ4v) is 6.75. The largest absolute Gasteiger partial charge is 0.493 e. The lowest BCUT2D eigenvalue weighted by molar-refractivity contribution is -0.116. The first-order chi connectivity index (χ1) is 26.0. The molecule has 13 heteroatoms. The molecule has 0 aliphatic carbocycles. The molecule has 1 fully saturated rings. The molecule has 2 aliphatic heterocycles. The van der Waals surface area contributed by atoms with Crippen molar-refractivity contribution in [1.82, 2.24) is 19.4 Å². The summed E-state index contributed by atoms with van der Waals surface area (Å²) < 4.78 is 9.55. The van der Waals surface area contributed by atoms with E-state index in [0.29, 0.717) is 72.3 Å². The minimum Gasteiger partial charge on any atom is -0.493 e. The smallest absolute Gasteiger partial charge is 0.272 e. The van der Waals surface area contributed by atoms with Crippen molar-refractivity contribution in [3.63, 3.8) is 0 Å². The predicted molar refractivity (Wildman–Crippen MR) is 209 cm³/mol. The highest BCUT2D eigenvalue weighted by atomic mass is 16.5. The summed E-state index contributed by atoms with van der Waals surface area (Å²) in [6, 6.07) is 14.4. The van der Waals surface area contributed by atoms with Crippen molar-refractivity contribution >= 4 is 46.9 Å². The first-order valence-electron chi connectivity index (χ1n) is 18.3. The number of benzene rings is 2. The summed E-state index contributed by atoms with van der Waals surface area (Å²) in [5.74, 6) is -0.117. The summed E-state index contributed by atoms with van der Waals surface area (Å²) in [5, 5.41) is 17.5. The number of ether oxygens (including phenoxy) is 1. The summed E-state index contributed by atoms with van der Waals surface area (Å²) >= 11 is 0. The van der Waals surface area contributed by atoms with Crippen molar-refractivity contribution in [1.29, 1.82) is 0 Å². The lowest BCUT2D eigenvalue weighted by Crippen LogP contribution is -2.35. The van der Waals surface area contributed by atoms with E-state index in [9.17, 15) is 19.2 Å². The molecule has 4 heterocycles. The summed E-state index contributed by atoms with van der Waals surface area (Å²) in [4.78, 5) is 58.3. The Labute approximate surface area is 314 Å². The minimum atomic E-state index is -0.332. The van der Waals surface area contributed by atoms with Crippen LogP contribution in [0.2, 0.25) is 0 Å². The van der Waals surface area contributed by atoms with Gasteiger partial charge in [-0.05, 0) is 67.1 Å². The number of aryl methyl sites for hydroxylation is 3. The second-order valence-corrected chi connectivity index (χ2v) is 13.8. The van der Waals surface area contributed by atoms with E-state index < -0.39 is 0 Å². The van der Waals surface area contributed by atoms with E-state index in [1.54, 1.807) is 53.7 Å². The van der Waals surface area contributed by atoms with Gasteiger partial charge in [-0.2, -0.15) is 0 Å². The third-order valence-corrected chi connectivity index (χ3v) is 9.53. The van der Waals surface area contributed by atoms with E-state index in [4.69, 9.17) is 9.84 Å². The summed E-state index contributed by atoms with van der Waals surface area (Å²) in [6.45, 7) is 7.38. The van der Waals surface area contributed by atoms with Gasteiger partial charge < -0.3 is 39.8 Å². The zero-order valence-electron chi connectivity index (χ0n) is 31.0. The molecule has 0 spiro atoms. The predicted octanol–water partition coefficient (Wildman–Crippen LogP) is 5.63. The van der Waals surface area contributed by atoms with Gasteiger partial charge in [0.2, 0.25) is 5.91 Å². The maximum Gasteiger partial charge on any atom is 0.272 e. The second kappa shape index (κ2) is 16.8. The van der Waals surface area contributed by atoms with Crippen LogP contribution in [0.5, 0.6) is 5.75 Å². The number of carbonyl (C=O) groups excluding carboxylic acids is 4. The molecule has 282 valence electrons. The molecular formula is C41H47N7O6. The Kier molecular flexibility index (Phi) is 11.8. The lowest BCUT2D eigenvalue weighted by Gasteiger charge is -2.20. The molecule has 6 rings (SSSR count). The Balaban J connectivity index is 0.998. The number of rotatable bonds is 15. The van der Waals surface area contributed by atoms with E-state index in [1.807, 2.05) is 41.6 Å². The zero-order chi connectivity index (χ0) is 38.4. The van der Waals surface area contributed by atoms with Crippen molar-refractivity contribution in [3.8, 4) is 16.9 Å². The molecular weight excluding hydrogens is 686 g/mol. The molecule has 2 aromatic carbocycles. The van der Waals surface area contributed by atoms with E-state index in [2.05, 4.69) is 34.4 Å². The molecule has 0 radical (unpaired) electrons. The van der Waals surface area contributed by atoms with E-state index >= 15 is 0 Å². The highest BCUT2D eigenvalue weighted by molar-refractivity contribution is 6.05. The van der Waals surface area contributed by atoms with Gasteiger partial charge >= 0.3 is 0 Å². The number of aromatic nitrogens is 2. The van der Waals surface area contributed by atoms with Crippen LogP contribution in [0.1, 0.15) is 75.9 Å². The Morgan fingerprint density at radius 3 is 2.46 bits per heavy atom. The van der Waals surface area contributed by atoms with Gasteiger partial charge in [-0.3, -0.25) is 24.2 Å². The molecule has 1 saturated heterocycles. The average Bonchev–Trinajstić information content (AvgIpc) is 3.83. The Hall–Kier alpha value is -5.95. The summed E-state index contributed by atoms with van der Waals surface area (Å²) in [7, 11) is 3.54. The van der Waals surface area contributed by atoms with Crippen molar-refractivity contribution in [2.24, 2.45) is 19.1 Å². The molecule has 1 atom stereocenters. The minimum absolute atomic E-state index is 0.0126. The van der Waals surface area contributed by atoms with Crippen LogP contribution in [0.3, 0.4) is 0 Å². The number of hydrogen-bond acceptors (Lipinski definition) is 7. The number of hydrogen-bond donors (Lipinski definition) is 4. The van der Waals surface area contributed by atoms with Gasteiger partial charge in [0.15, 0.2) is 0 Å². The number of nitrogens with zero attached hydrogens (tertiary/aromatic N) is 4. The van der Waals surface area contributed by atoms with E-state index in [-0.39, 0.29) is 42.7 Å². The van der Waals surface area contributed by atoms with Crippen molar-refractivity contribution < 1.29 is 29.0 Å². The highest BCUT2D eigenvalue weighted by Gasteiger charge is 2.34. The first kappa shape index (κ1) is 37.8. The van der Waals surface area contributed by atoms with Crippen molar-refractivity contribution in [3.05, 3.63) is 95.6 Å². The molecule has 4 aromatic rings. The number of carbonyl (C=O) groups is 4. The van der Waals surface area contributed by atoms with Gasteiger partial charge in [-0.15, -0.1) is 0 Å². The third kappa shape index (κ3) is 8.63. The first-order valence-corrected chi connectivity index (χ1v) is 18.3. The molecule has 4 amide bonds. The van der Waals surface area contributed by atoms with Gasteiger partial charge in [0.1, 0.15) is 17.1 Å². The summed E-state index contributed by atoms with van der Waals surface area (Å²) in [6.07, 6.45) is 8.89. The molecule has 1 unspecified atom stereocenters. The van der Waals surface area contributed by atoms with Gasteiger partial charge in [-0.1, -0.05) is 37.6 Å². The highest BCUT2D eigenvalue weighted by Crippen LogP contribution is 2.35. The number of aliphatic hydroxyl groups excluding tert-OH is 1. The van der Waals surface area contributed by atoms with Gasteiger partial charge in [0.25, 0.3) is 17.7 Å². The van der Waals surface area contributed by atoms with Crippen molar-refractivity contribution in [2.45, 2.75) is 51.5 Å². The van der Waals surface area contributed by atoms with Gasteiger partial charge in [0, 0.05) is 76.1 Å². The number of fused-ring (bicyclic) bond motifs is 2. The number of amides is 4. The second-order valence-electron chi connectivity index (χ2n) is 13.8. The Bertz CT molecular complexity index is 2090. The van der Waals surface area contributed by atoms with Gasteiger partial charge in [-0.25, -0.2) is 0 Å². The van der Waals surface area contributed by atoms with Crippen LogP contribution in [0, 0.1) is 0 Å². The number of aliphatic imine (C=N–C) groups is 1. The van der Waals surface area contributed by atoms with Crippen LogP contribution in [-0.2, 0) is 25.3 Å². The fourth-order valence-electron chi connectivity index (χ4n) is 6.75. The monoisotopic (exact) mass is 733 g/mol. The van der Waals surface area contributed by atoms with Crippen LogP contribution < -0.4 is 20.7 Å². The maximum absolute atomic E-state index is 13.3. The average molecular weight is 734 g/mol. The molecule has 0 saturated carbocycles. The summed E-state index contributed by atoms with van der Waals surface area (Å²) in [5.41, 5.74) is 6.84. The van der Waals surface area contributed by atoms with E-state index in [0.717, 1.165) is 41.5 Å². The number of anilines is 2. The van der Waals surface area contributed by atoms with Crippen LogP contribution >= 0.6 is 0 Å². The topological polar surface area (TPSA) is 159 Å². The molecule has 0 bridgehead atoms. The number of nitrogens with one attached hydrogen (secondary N) is 3. The Morgan fingerprint density at radius 2 is 1.70 bits per heavy atom. The SMILES string of the molecule is C=C1CC2C=Nc3cc(OCCCC(=O)Nc4cc(C(=O)Nc5ccc(-c6cc(C(=O)NCCCO)n(C)c6)cc5)n(C)c4)c(CCC)cc3C(=O)N2C1. The molecule has 54 heavy (non-hydrogen) atoms. The maximum atomic E-state index is 13.3. The molecule has 2 aliphatic rings. The van der Waals surface area contributed by atoms with E-state index in [1.165, 1.54) is 0 Å². The van der Waals surface area contributed by atoms with Crippen LogP contribution in [0.4, 0.5) is 17.1 Å². The molecule has 4 N–H and O–H groups in total. The Morgan fingerprint density at radius 1 is 0.944 bits per heavy atom. The molecule has 13 nitrogen and oxygen atoms in total.